The first-order valence-electron chi connectivity index (χ1n) is 6.02. The van der Waals surface area contributed by atoms with Gasteiger partial charge in [0.2, 0.25) is 0 Å². The normalized spacial score (nSPS) is 24.5. The lowest BCUT2D eigenvalue weighted by Gasteiger charge is -2.39. The van der Waals surface area contributed by atoms with E-state index in [0.717, 1.165) is 23.5 Å². The van der Waals surface area contributed by atoms with Gasteiger partial charge in [-0.3, -0.25) is 0 Å². The predicted octanol–water partition coefficient (Wildman–Crippen LogP) is 3.20. The maximum atomic E-state index is 9.21. The molecule has 0 saturated carbocycles. The van der Waals surface area contributed by atoms with E-state index in [1.54, 1.807) is 0 Å². The zero-order valence-electron chi connectivity index (χ0n) is 10.6. The van der Waals surface area contributed by atoms with E-state index in [1.807, 2.05) is 23.9 Å². The summed E-state index contributed by atoms with van der Waals surface area (Å²) in [6.07, 6.45) is 0. The van der Waals surface area contributed by atoms with Crippen molar-refractivity contribution >= 4 is 17.4 Å². The standard InChI is InChI=1S/C14H18N2S/c1-10-4-5-13(9-15)14(8-10)16-6-7-17-12(3)11(16)2/h4-5,8,11-12H,6-7H2,1-3H3. The number of nitriles is 1. The Morgan fingerprint density at radius 2 is 2.18 bits per heavy atom. The number of nitrogens with zero attached hydrogens (tertiary/aromatic N) is 2. The number of anilines is 1. The monoisotopic (exact) mass is 246 g/mol. The lowest BCUT2D eigenvalue weighted by atomic mass is 10.1. The summed E-state index contributed by atoms with van der Waals surface area (Å²) in [6.45, 7) is 7.63. The second-order valence-corrected chi connectivity index (χ2v) is 6.13. The molecule has 2 rings (SSSR count). The molecule has 17 heavy (non-hydrogen) atoms. The molecule has 1 saturated heterocycles. The minimum Gasteiger partial charge on any atom is -0.366 e. The Kier molecular flexibility index (Phi) is 3.63. The van der Waals surface area contributed by atoms with Crippen LogP contribution in [0.3, 0.4) is 0 Å². The van der Waals surface area contributed by atoms with Crippen LogP contribution in [-0.4, -0.2) is 23.6 Å². The predicted molar refractivity (Wildman–Crippen MR) is 74.6 cm³/mol. The van der Waals surface area contributed by atoms with Crippen LogP contribution in [0.5, 0.6) is 0 Å². The van der Waals surface area contributed by atoms with Crippen molar-refractivity contribution in [1.29, 1.82) is 5.26 Å². The van der Waals surface area contributed by atoms with E-state index in [2.05, 4.69) is 37.8 Å². The number of thioether (sulfide) groups is 1. The van der Waals surface area contributed by atoms with E-state index >= 15 is 0 Å². The maximum absolute atomic E-state index is 9.21. The van der Waals surface area contributed by atoms with Crippen molar-refractivity contribution in [3.05, 3.63) is 29.3 Å². The zero-order chi connectivity index (χ0) is 12.4. The summed E-state index contributed by atoms with van der Waals surface area (Å²) in [5.41, 5.74) is 3.12. The van der Waals surface area contributed by atoms with Crippen LogP contribution >= 0.6 is 11.8 Å². The summed E-state index contributed by atoms with van der Waals surface area (Å²) >= 11 is 2.02. The fourth-order valence-electron chi connectivity index (χ4n) is 2.25. The average molecular weight is 246 g/mol. The molecule has 1 aromatic carbocycles. The number of hydrogen-bond donors (Lipinski definition) is 0. The number of aryl methyl sites for hydroxylation is 1. The molecule has 0 aliphatic carbocycles. The van der Waals surface area contributed by atoms with Crippen LogP contribution in [0.15, 0.2) is 18.2 Å². The van der Waals surface area contributed by atoms with Crippen molar-refractivity contribution < 1.29 is 0 Å². The van der Waals surface area contributed by atoms with Gasteiger partial charge in [0.15, 0.2) is 0 Å². The molecule has 2 unspecified atom stereocenters. The molecule has 1 aliphatic heterocycles. The fraction of sp³-hybridized carbons (Fsp3) is 0.500. The van der Waals surface area contributed by atoms with E-state index in [4.69, 9.17) is 0 Å². The van der Waals surface area contributed by atoms with Crippen LogP contribution in [0.25, 0.3) is 0 Å². The highest BCUT2D eigenvalue weighted by Crippen LogP contribution is 2.31. The van der Waals surface area contributed by atoms with Gasteiger partial charge in [-0.1, -0.05) is 13.0 Å². The lowest BCUT2D eigenvalue weighted by Crippen LogP contribution is -2.45. The van der Waals surface area contributed by atoms with Gasteiger partial charge in [-0.05, 0) is 31.5 Å². The van der Waals surface area contributed by atoms with E-state index in [1.165, 1.54) is 5.56 Å². The van der Waals surface area contributed by atoms with Gasteiger partial charge in [-0.2, -0.15) is 17.0 Å². The van der Waals surface area contributed by atoms with Gasteiger partial charge >= 0.3 is 0 Å². The first-order valence-corrected chi connectivity index (χ1v) is 7.07. The van der Waals surface area contributed by atoms with Gasteiger partial charge in [-0.15, -0.1) is 0 Å². The summed E-state index contributed by atoms with van der Waals surface area (Å²) in [5.74, 6) is 1.14. The molecular weight excluding hydrogens is 228 g/mol. The van der Waals surface area contributed by atoms with Crippen LogP contribution in [0.4, 0.5) is 5.69 Å². The van der Waals surface area contributed by atoms with Gasteiger partial charge in [0.1, 0.15) is 6.07 Å². The van der Waals surface area contributed by atoms with E-state index < -0.39 is 0 Å². The van der Waals surface area contributed by atoms with Crippen molar-refractivity contribution in [3.8, 4) is 6.07 Å². The molecule has 1 aromatic rings. The fourth-order valence-corrected chi connectivity index (χ4v) is 3.35. The highest BCUT2D eigenvalue weighted by molar-refractivity contribution is 8.00. The minimum absolute atomic E-state index is 0.489. The molecule has 2 atom stereocenters. The molecule has 1 heterocycles. The van der Waals surface area contributed by atoms with Crippen LogP contribution < -0.4 is 4.90 Å². The summed E-state index contributed by atoms with van der Waals surface area (Å²) in [4.78, 5) is 2.38. The van der Waals surface area contributed by atoms with E-state index in [-0.39, 0.29) is 0 Å². The minimum atomic E-state index is 0.489. The molecule has 1 aliphatic rings. The summed E-state index contributed by atoms with van der Waals surface area (Å²) in [5, 5.41) is 9.83. The molecule has 2 nitrogen and oxygen atoms in total. The second-order valence-electron chi connectivity index (χ2n) is 4.64. The van der Waals surface area contributed by atoms with E-state index in [0.29, 0.717) is 11.3 Å². The third-order valence-corrected chi connectivity index (χ3v) is 4.80. The van der Waals surface area contributed by atoms with Crippen LogP contribution in [-0.2, 0) is 0 Å². The van der Waals surface area contributed by atoms with Crippen molar-refractivity contribution in [3.63, 3.8) is 0 Å². The Balaban J connectivity index is 2.39. The molecule has 3 heteroatoms. The Labute approximate surface area is 108 Å². The quantitative estimate of drug-likeness (QED) is 0.761. The third-order valence-electron chi connectivity index (χ3n) is 3.47. The zero-order valence-corrected chi connectivity index (χ0v) is 11.4. The van der Waals surface area contributed by atoms with Crippen molar-refractivity contribution in [2.75, 3.05) is 17.2 Å². The van der Waals surface area contributed by atoms with Crippen LogP contribution in [0, 0.1) is 18.3 Å². The maximum Gasteiger partial charge on any atom is 0.101 e. The first-order chi connectivity index (χ1) is 8.13. The van der Waals surface area contributed by atoms with Gasteiger partial charge in [0.05, 0.1) is 11.3 Å². The number of rotatable bonds is 1. The van der Waals surface area contributed by atoms with Crippen molar-refractivity contribution in [2.45, 2.75) is 32.1 Å². The van der Waals surface area contributed by atoms with E-state index in [9.17, 15) is 5.26 Å². The number of benzene rings is 1. The largest absolute Gasteiger partial charge is 0.366 e. The second kappa shape index (κ2) is 5.01. The summed E-state index contributed by atoms with van der Waals surface area (Å²) in [6, 6.07) is 8.88. The Morgan fingerprint density at radius 1 is 1.41 bits per heavy atom. The topological polar surface area (TPSA) is 27.0 Å². The molecule has 1 fully saturated rings. The molecular formula is C14H18N2S. The molecule has 0 amide bonds. The SMILES string of the molecule is Cc1ccc(C#N)c(N2CCSC(C)C2C)c1. The van der Waals surface area contributed by atoms with Crippen LogP contribution in [0.2, 0.25) is 0 Å². The summed E-state index contributed by atoms with van der Waals surface area (Å²) < 4.78 is 0. The molecule has 90 valence electrons. The molecule has 0 N–H and O–H groups in total. The van der Waals surface area contributed by atoms with Crippen molar-refractivity contribution in [2.24, 2.45) is 0 Å². The first kappa shape index (κ1) is 12.3. The van der Waals surface area contributed by atoms with Gasteiger partial charge in [0.25, 0.3) is 0 Å². The van der Waals surface area contributed by atoms with Gasteiger partial charge in [0, 0.05) is 23.6 Å². The van der Waals surface area contributed by atoms with Gasteiger partial charge in [-0.25, -0.2) is 0 Å². The third kappa shape index (κ3) is 2.42. The highest BCUT2D eigenvalue weighted by Gasteiger charge is 2.26. The van der Waals surface area contributed by atoms with Gasteiger partial charge < -0.3 is 4.90 Å². The molecule has 0 radical (unpaired) electrons. The number of hydrogen-bond acceptors (Lipinski definition) is 3. The molecule has 0 aromatic heterocycles. The highest BCUT2D eigenvalue weighted by atomic mass is 32.2. The Morgan fingerprint density at radius 3 is 2.88 bits per heavy atom. The molecule has 0 bridgehead atoms. The van der Waals surface area contributed by atoms with Crippen LogP contribution in [0.1, 0.15) is 25.0 Å². The average Bonchev–Trinajstić information content (AvgIpc) is 2.33. The Hall–Kier alpha value is -1.14. The summed E-state index contributed by atoms with van der Waals surface area (Å²) in [7, 11) is 0. The smallest absolute Gasteiger partial charge is 0.101 e. The van der Waals surface area contributed by atoms with Crippen molar-refractivity contribution in [1.82, 2.24) is 0 Å². The Bertz CT molecular complexity index is 450. The molecule has 0 spiro atoms. The lowest BCUT2D eigenvalue weighted by molar-refractivity contribution is 0.626.